The van der Waals surface area contributed by atoms with Crippen molar-refractivity contribution in [2.24, 2.45) is 0 Å². The number of methoxy groups -OCH3 is 1. The number of hydrogen-bond acceptors (Lipinski definition) is 3. The fourth-order valence-corrected chi connectivity index (χ4v) is 2.22. The van der Waals surface area contributed by atoms with Crippen molar-refractivity contribution in [1.82, 2.24) is 5.32 Å². The van der Waals surface area contributed by atoms with Gasteiger partial charge in [-0.3, -0.25) is 0 Å². The topological polar surface area (TPSA) is 42.5 Å². The summed E-state index contributed by atoms with van der Waals surface area (Å²) in [6, 6.07) is 10.3. The minimum Gasteiger partial charge on any atom is -0.497 e. The molecule has 0 saturated carbocycles. The minimum atomic E-state index is -0.707. The highest BCUT2D eigenvalue weighted by atomic mass is 32.1. The molecular formula is C17H18F2N2O2S. The molecule has 2 aromatic carbocycles. The quantitative estimate of drug-likeness (QED) is 0.776. The van der Waals surface area contributed by atoms with Crippen molar-refractivity contribution in [1.29, 1.82) is 0 Å². The number of anilines is 1. The van der Waals surface area contributed by atoms with Crippen LogP contribution in [0, 0.1) is 11.6 Å². The number of benzene rings is 2. The Morgan fingerprint density at radius 2 is 1.79 bits per heavy atom. The molecular weight excluding hydrogens is 334 g/mol. The molecule has 128 valence electrons. The number of rotatable bonds is 6. The highest BCUT2D eigenvalue weighted by Crippen LogP contribution is 2.17. The van der Waals surface area contributed by atoms with Crippen LogP contribution >= 0.6 is 12.2 Å². The highest BCUT2D eigenvalue weighted by Gasteiger charge is 2.09. The van der Waals surface area contributed by atoms with Gasteiger partial charge in [0.2, 0.25) is 0 Å². The largest absolute Gasteiger partial charge is 0.497 e. The van der Waals surface area contributed by atoms with Crippen molar-refractivity contribution in [3.05, 3.63) is 54.1 Å². The van der Waals surface area contributed by atoms with E-state index >= 15 is 0 Å². The monoisotopic (exact) mass is 352 g/mol. The second-order valence-electron chi connectivity index (χ2n) is 5.11. The summed E-state index contributed by atoms with van der Waals surface area (Å²) in [6.07, 6.45) is 0. The second kappa shape index (κ2) is 8.44. The van der Waals surface area contributed by atoms with Crippen LogP contribution in [0.15, 0.2) is 42.5 Å². The van der Waals surface area contributed by atoms with Gasteiger partial charge in [0, 0.05) is 6.07 Å². The molecule has 0 aliphatic carbocycles. The van der Waals surface area contributed by atoms with E-state index in [2.05, 4.69) is 10.6 Å². The van der Waals surface area contributed by atoms with Gasteiger partial charge < -0.3 is 20.1 Å². The van der Waals surface area contributed by atoms with Crippen molar-refractivity contribution in [3.63, 3.8) is 0 Å². The predicted molar refractivity (Wildman–Crippen MR) is 93.7 cm³/mol. The molecule has 1 atom stereocenters. The van der Waals surface area contributed by atoms with Crippen LogP contribution in [-0.2, 0) is 0 Å². The summed E-state index contributed by atoms with van der Waals surface area (Å²) in [4.78, 5) is 0. The fourth-order valence-electron chi connectivity index (χ4n) is 1.91. The van der Waals surface area contributed by atoms with Crippen molar-refractivity contribution in [3.8, 4) is 11.5 Å². The highest BCUT2D eigenvalue weighted by molar-refractivity contribution is 7.80. The van der Waals surface area contributed by atoms with Crippen LogP contribution in [0.5, 0.6) is 11.5 Å². The molecule has 0 radical (unpaired) electrons. The van der Waals surface area contributed by atoms with E-state index in [1.807, 2.05) is 6.92 Å². The zero-order chi connectivity index (χ0) is 17.5. The summed E-state index contributed by atoms with van der Waals surface area (Å²) in [5.74, 6) is 0.104. The SMILES string of the molecule is COc1ccc(OC[C@H](C)NC(=S)Nc2ccc(F)cc2F)cc1. The molecule has 4 nitrogen and oxygen atoms in total. The molecule has 2 N–H and O–H groups in total. The number of nitrogens with one attached hydrogen (secondary N) is 2. The molecule has 0 bridgehead atoms. The molecule has 0 aliphatic heterocycles. The molecule has 2 aromatic rings. The van der Waals surface area contributed by atoms with E-state index in [1.165, 1.54) is 6.07 Å². The molecule has 0 saturated heterocycles. The summed E-state index contributed by atoms with van der Waals surface area (Å²) in [5.41, 5.74) is 0.108. The molecule has 0 spiro atoms. The Morgan fingerprint density at radius 1 is 1.12 bits per heavy atom. The van der Waals surface area contributed by atoms with E-state index in [1.54, 1.807) is 31.4 Å². The van der Waals surface area contributed by atoms with Gasteiger partial charge in [-0.1, -0.05) is 0 Å². The van der Waals surface area contributed by atoms with E-state index in [0.717, 1.165) is 17.9 Å². The maximum Gasteiger partial charge on any atom is 0.171 e. The number of ether oxygens (including phenoxy) is 2. The Balaban J connectivity index is 1.80. The Hall–Kier alpha value is -2.41. The lowest BCUT2D eigenvalue weighted by molar-refractivity contribution is 0.286. The number of hydrogen-bond donors (Lipinski definition) is 2. The van der Waals surface area contributed by atoms with Gasteiger partial charge in [-0.2, -0.15) is 0 Å². The lowest BCUT2D eigenvalue weighted by atomic mass is 10.3. The average Bonchev–Trinajstić information content (AvgIpc) is 2.56. The zero-order valence-corrected chi connectivity index (χ0v) is 14.1. The third-order valence-corrected chi connectivity index (χ3v) is 3.34. The van der Waals surface area contributed by atoms with Gasteiger partial charge >= 0.3 is 0 Å². The normalized spacial score (nSPS) is 11.5. The first kappa shape index (κ1) is 17.9. The molecule has 0 aromatic heterocycles. The maximum absolute atomic E-state index is 13.6. The van der Waals surface area contributed by atoms with E-state index in [0.29, 0.717) is 12.4 Å². The number of thiocarbonyl (C=S) groups is 1. The molecule has 0 amide bonds. The summed E-state index contributed by atoms with van der Waals surface area (Å²) in [5, 5.41) is 5.89. The standard InChI is InChI=1S/C17H18F2N2O2S/c1-11(10-23-14-6-4-13(22-2)5-7-14)20-17(24)21-16-8-3-12(18)9-15(16)19/h3-9,11H,10H2,1-2H3,(H2,20,21,24)/t11-/m0/s1. The van der Waals surface area contributed by atoms with Gasteiger partial charge in [0.25, 0.3) is 0 Å². The molecule has 0 heterocycles. The van der Waals surface area contributed by atoms with Gasteiger partial charge in [0.15, 0.2) is 5.11 Å². The maximum atomic E-state index is 13.6. The molecule has 24 heavy (non-hydrogen) atoms. The molecule has 7 heteroatoms. The van der Waals surface area contributed by atoms with Gasteiger partial charge in [0.05, 0.1) is 18.8 Å². The summed E-state index contributed by atoms with van der Waals surface area (Å²) < 4.78 is 37.1. The van der Waals surface area contributed by atoms with Crippen LogP contribution in [0.3, 0.4) is 0 Å². The zero-order valence-electron chi connectivity index (χ0n) is 13.3. The van der Waals surface area contributed by atoms with E-state index < -0.39 is 11.6 Å². The lowest BCUT2D eigenvalue weighted by Gasteiger charge is -2.18. The molecule has 2 rings (SSSR count). The van der Waals surface area contributed by atoms with Crippen molar-refractivity contribution >= 4 is 23.0 Å². The van der Waals surface area contributed by atoms with Crippen molar-refractivity contribution in [2.45, 2.75) is 13.0 Å². The lowest BCUT2D eigenvalue weighted by Crippen LogP contribution is -2.39. The summed E-state index contributed by atoms with van der Waals surface area (Å²) in [7, 11) is 1.60. The van der Waals surface area contributed by atoms with Crippen LogP contribution in [-0.4, -0.2) is 24.9 Å². The van der Waals surface area contributed by atoms with Gasteiger partial charge in [0.1, 0.15) is 29.7 Å². The first-order valence-electron chi connectivity index (χ1n) is 7.27. The van der Waals surface area contributed by atoms with Crippen LogP contribution in [0.1, 0.15) is 6.92 Å². The van der Waals surface area contributed by atoms with Gasteiger partial charge in [-0.05, 0) is 55.5 Å². The van der Waals surface area contributed by atoms with E-state index in [9.17, 15) is 8.78 Å². The van der Waals surface area contributed by atoms with E-state index in [-0.39, 0.29) is 16.8 Å². The molecule has 0 aliphatic rings. The predicted octanol–water partition coefficient (Wildman–Crippen LogP) is 3.73. The van der Waals surface area contributed by atoms with E-state index in [4.69, 9.17) is 21.7 Å². The van der Waals surface area contributed by atoms with Crippen LogP contribution in [0.2, 0.25) is 0 Å². The first-order valence-corrected chi connectivity index (χ1v) is 7.68. The Morgan fingerprint density at radius 3 is 2.42 bits per heavy atom. The van der Waals surface area contributed by atoms with Gasteiger partial charge in [-0.25, -0.2) is 8.78 Å². The second-order valence-corrected chi connectivity index (χ2v) is 5.52. The third-order valence-electron chi connectivity index (χ3n) is 3.12. The summed E-state index contributed by atoms with van der Waals surface area (Å²) in [6.45, 7) is 2.23. The Labute approximate surface area is 144 Å². The van der Waals surface area contributed by atoms with Crippen LogP contribution < -0.4 is 20.1 Å². The third kappa shape index (κ3) is 5.34. The summed E-state index contributed by atoms with van der Waals surface area (Å²) >= 11 is 5.11. The van der Waals surface area contributed by atoms with Crippen molar-refractivity contribution in [2.75, 3.05) is 19.0 Å². The molecule has 0 unspecified atom stereocenters. The molecule has 0 fully saturated rings. The van der Waals surface area contributed by atoms with Crippen LogP contribution in [0.4, 0.5) is 14.5 Å². The first-order chi connectivity index (χ1) is 11.5. The van der Waals surface area contributed by atoms with Crippen molar-refractivity contribution < 1.29 is 18.3 Å². The Kier molecular flexibility index (Phi) is 6.31. The average molecular weight is 352 g/mol. The minimum absolute atomic E-state index is 0.108. The fraction of sp³-hybridized carbons (Fsp3) is 0.235. The van der Waals surface area contributed by atoms with Gasteiger partial charge in [-0.15, -0.1) is 0 Å². The van der Waals surface area contributed by atoms with Crippen LogP contribution in [0.25, 0.3) is 0 Å². The Bertz CT molecular complexity index is 695. The smallest absolute Gasteiger partial charge is 0.171 e. The number of halogens is 2.